The van der Waals surface area contributed by atoms with Crippen LogP contribution in [0.4, 0.5) is 8.78 Å². The first kappa shape index (κ1) is 20.8. The van der Waals surface area contributed by atoms with Crippen molar-refractivity contribution in [2.45, 2.75) is 19.6 Å². The summed E-state index contributed by atoms with van der Waals surface area (Å²) in [5, 5.41) is 2.70. The molecule has 2 aromatic carbocycles. The number of benzene rings is 2. The van der Waals surface area contributed by atoms with Crippen molar-refractivity contribution in [1.29, 1.82) is 0 Å². The van der Waals surface area contributed by atoms with E-state index >= 15 is 0 Å². The van der Waals surface area contributed by atoms with E-state index in [4.69, 9.17) is 0 Å². The maximum atomic E-state index is 12.2. The third-order valence-electron chi connectivity index (χ3n) is 3.72. The Bertz CT molecular complexity index is 768. The molecule has 0 aliphatic carbocycles. The van der Waals surface area contributed by atoms with Gasteiger partial charge in [0.05, 0.1) is 0 Å². The molecule has 5 nitrogen and oxygen atoms in total. The SMILES string of the molecule is CN(Cc1ccc(OC(F)F)cc1)C(=O)CCNC(=O)c1ccc(Br)cc1. The maximum Gasteiger partial charge on any atom is 0.387 e. The molecule has 0 bridgehead atoms. The van der Waals surface area contributed by atoms with Gasteiger partial charge >= 0.3 is 6.61 Å². The molecule has 2 aromatic rings. The van der Waals surface area contributed by atoms with E-state index in [1.54, 1.807) is 43.4 Å². The normalized spacial score (nSPS) is 10.6. The minimum atomic E-state index is -2.87. The Hall–Kier alpha value is -2.48. The first-order valence-electron chi connectivity index (χ1n) is 8.16. The molecule has 1 N–H and O–H groups in total. The summed E-state index contributed by atoms with van der Waals surface area (Å²) in [4.78, 5) is 25.7. The van der Waals surface area contributed by atoms with Gasteiger partial charge in [-0.2, -0.15) is 8.78 Å². The first-order valence-corrected chi connectivity index (χ1v) is 8.96. The van der Waals surface area contributed by atoms with Crippen molar-refractivity contribution >= 4 is 27.7 Å². The van der Waals surface area contributed by atoms with Crippen LogP contribution < -0.4 is 10.1 Å². The molecule has 0 radical (unpaired) electrons. The van der Waals surface area contributed by atoms with Crippen molar-refractivity contribution in [1.82, 2.24) is 10.2 Å². The number of rotatable bonds is 8. The Kier molecular flexibility index (Phi) is 7.72. The molecule has 0 saturated heterocycles. The Morgan fingerprint density at radius 2 is 1.74 bits per heavy atom. The topological polar surface area (TPSA) is 58.6 Å². The second-order valence-corrected chi connectivity index (χ2v) is 6.70. The summed E-state index contributed by atoms with van der Waals surface area (Å²) < 4.78 is 29.4. The maximum absolute atomic E-state index is 12.2. The predicted molar refractivity (Wildman–Crippen MR) is 101 cm³/mol. The van der Waals surface area contributed by atoms with Gasteiger partial charge in [0.15, 0.2) is 0 Å². The van der Waals surface area contributed by atoms with Crippen LogP contribution in [0.2, 0.25) is 0 Å². The smallest absolute Gasteiger partial charge is 0.387 e. The quantitative estimate of drug-likeness (QED) is 0.678. The zero-order chi connectivity index (χ0) is 19.8. The lowest BCUT2D eigenvalue weighted by Gasteiger charge is -2.17. The number of nitrogens with one attached hydrogen (secondary N) is 1. The Labute approximate surface area is 164 Å². The summed E-state index contributed by atoms with van der Waals surface area (Å²) in [6.45, 7) is -2.32. The summed E-state index contributed by atoms with van der Waals surface area (Å²) in [6, 6.07) is 13.0. The monoisotopic (exact) mass is 440 g/mol. The van der Waals surface area contributed by atoms with Crippen LogP contribution in [0.5, 0.6) is 5.75 Å². The van der Waals surface area contributed by atoms with E-state index in [-0.39, 0.29) is 30.5 Å². The molecular weight excluding hydrogens is 422 g/mol. The highest BCUT2D eigenvalue weighted by Gasteiger charge is 2.11. The molecule has 2 amide bonds. The molecule has 0 heterocycles. The second kappa shape index (κ2) is 10.0. The molecule has 8 heteroatoms. The molecule has 0 aliphatic rings. The van der Waals surface area contributed by atoms with Gasteiger partial charge in [-0.15, -0.1) is 0 Å². The van der Waals surface area contributed by atoms with Crippen LogP contribution >= 0.6 is 15.9 Å². The highest BCUT2D eigenvalue weighted by Crippen LogP contribution is 2.16. The van der Waals surface area contributed by atoms with Gasteiger partial charge in [0, 0.05) is 36.6 Å². The Balaban J connectivity index is 1.76. The van der Waals surface area contributed by atoms with Crippen LogP contribution in [0.3, 0.4) is 0 Å². The molecule has 2 rings (SSSR count). The average Bonchev–Trinajstić information content (AvgIpc) is 2.63. The number of carbonyl (C=O) groups is 2. The van der Waals surface area contributed by atoms with Crippen LogP contribution in [-0.2, 0) is 11.3 Å². The fourth-order valence-electron chi connectivity index (χ4n) is 2.32. The molecule has 0 fully saturated rings. The molecule has 0 atom stereocenters. The number of hydrogen-bond acceptors (Lipinski definition) is 3. The van der Waals surface area contributed by atoms with Crippen molar-refractivity contribution in [3.8, 4) is 5.75 Å². The largest absolute Gasteiger partial charge is 0.435 e. The predicted octanol–water partition coefficient (Wildman–Crippen LogP) is 3.83. The van der Waals surface area contributed by atoms with Crippen molar-refractivity contribution < 1.29 is 23.1 Å². The van der Waals surface area contributed by atoms with Gasteiger partial charge in [0.2, 0.25) is 5.91 Å². The molecule has 0 aromatic heterocycles. The first-order chi connectivity index (χ1) is 12.8. The summed E-state index contributed by atoms with van der Waals surface area (Å²) in [6.07, 6.45) is 0.158. The number of alkyl halides is 2. The molecule has 144 valence electrons. The van der Waals surface area contributed by atoms with Crippen LogP contribution in [0.1, 0.15) is 22.3 Å². The summed E-state index contributed by atoms with van der Waals surface area (Å²) >= 11 is 3.30. The fraction of sp³-hybridized carbons (Fsp3) is 0.263. The van der Waals surface area contributed by atoms with Crippen molar-refractivity contribution in [3.05, 3.63) is 64.1 Å². The summed E-state index contributed by atoms with van der Waals surface area (Å²) in [5.41, 5.74) is 1.30. The fourth-order valence-corrected chi connectivity index (χ4v) is 2.58. The number of ether oxygens (including phenoxy) is 1. The van der Waals surface area contributed by atoms with Crippen molar-refractivity contribution in [3.63, 3.8) is 0 Å². The highest BCUT2D eigenvalue weighted by atomic mass is 79.9. The highest BCUT2D eigenvalue weighted by molar-refractivity contribution is 9.10. The van der Waals surface area contributed by atoms with E-state index in [2.05, 4.69) is 26.0 Å². The summed E-state index contributed by atoms with van der Waals surface area (Å²) in [7, 11) is 1.64. The summed E-state index contributed by atoms with van der Waals surface area (Å²) in [5.74, 6) is -0.315. The van der Waals surface area contributed by atoms with Gasteiger partial charge in [-0.05, 0) is 42.0 Å². The third kappa shape index (κ3) is 6.97. The minimum absolute atomic E-state index is 0.0679. The van der Waals surface area contributed by atoms with E-state index in [9.17, 15) is 18.4 Å². The van der Waals surface area contributed by atoms with E-state index in [0.29, 0.717) is 12.1 Å². The molecule has 0 unspecified atom stereocenters. The van der Waals surface area contributed by atoms with Gasteiger partial charge in [0.25, 0.3) is 5.91 Å². The van der Waals surface area contributed by atoms with Gasteiger partial charge in [-0.25, -0.2) is 0 Å². The zero-order valence-electron chi connectivity index (χ0n) is 14.6. The Morgan fingerprint density at radius 3 is 2.33 bits per heavy atom. The van der Waals surface area contributed by atoms with Gasteiger partial charge in [-0.3, -0.25) is 9.59 Å². The second-order valence-electron chi connectivity index (χ2n) is 5.79. The van der Waals surface area contributed by atoms with Gasteiger partial charge < -0.3 is 15.0 Å². The van der Waals surface area contributed by atoms with Gasteiger partial charge in [0.1, 0.15) is 5.75 Å². The molecular formula is C19H19BrF2N2O3. The Morgan fingerprint density at radius 1 is 1.11 bits per heavy atom. The molecule has 0 spiro atoms. The number of halogens is 3. The molecule has 0 saturated carbocycles. The standard InChI is InChI=1S/C19H19BrF2N2O3/c1-24(12-13-2-8-16(9-3-13)27-19(21)22)17(25)10-11-23-18(26)14-4-6-15(20)7-5-14/h2-9,19H,10-12H2,1H3,(H,23,26). The lowest BCUT2D eigenvalue weighted by molar-refractivity contribution is -0.130. The van der Waals surface area contributed by atoms with Crippen LogP contribution in [0.15, 0.2) is 53.0 Å². The minimum Gasteiger partial charge on any atom is -0.435 e. The third-order valence-corrected chi connectivity index (χ3v) is 4.25. The van der Waals surface area contributed by atoms with E-state index in [1.807, 2.05) is 0 Å². The van der Waals surface area contributed by atoms with E-state index < -0.39 is 6.61 Å². The van der Waals surface area contributed by atoms with Gasteiger partial charge in [-0.1, -0.05) is 28.1 Å². The number of nitrogens with zero attached hydrogens (tertiary/aromatic N) is 1. The number of carbonyl (C=O) groups excluding carboxylic acids is 2. The molecule has 0 aliphatic heterocycles. The van der Waals surface area contributed by atoms with Crippen molar-refractivity contribution in [2.24, 2.45) is 0 Å². The number of hydrogen-bond donors (Lipinski definition) is 1. The van der Waals surface area contributed by atoms with Crippen molar-refractivity contribution in [2.75, 3.05) is 13.6 Å². The van der Waals surface area contributed by atoms with E-state index in [0.717, 1.165) is 10.0 Å². The number of amides is 2. The van der Waals surface area contributed by atoms with Crippen LogP contribution in [-0.4, -0.2) is 36.9 Å². The zero-order valence-corrected chi connectivity index (χ0v) is 16.2. The molecule has 27 heavy (non-hydrogen) atoms. The lowest BCUT2D eigenvalue weighted by atomic mass is 10.2. The van der Waals surface area contributed by atoms with Crippen LogP contribution in [0.25, 0.3) is 0 Å². The lowest BCUT2D eigenvalue weighted by Crippen LogP contribution is -2.31. The average molecular weight is 441 g/mol. The van der Waals surface area contributed by atoms with Crippen LogP contribution in [0, 0.1) is 0 Å². The van der Waals surface area contributed by atoms with E-state index in [1.165, 1.54) is 17.0 Å².